The first-order chi connectivity index (χ1) is 7.70. The molecule has 1 aliphatic rings. The molecule has 88 valence electrons. The van der Waals surface area contributed by atoms with Gasteiger partial charge in [0.05, 0.1) is 13.7 Å². The topological polar surface area (TPSA) is 68.5 Å². The Labute approximate surface area is 93.6 Å². The van der Waals surface area contributed by atoms with E-state index in [1.54, 1.807) is 6.92 Å². The van der Waals surface area contributed by atoms with Gasteiger partial charge in [-0.15, -0.1) is 0 Å². The van der Waals surface area contributed by atoms with Crippen LogP contribution in [-0.2, 0) is 16.1 Å². The van der Waals surface area contributed by atoms with Gasteiger partial charge in [-0.2, -0.15) is 4.98 Å². The molecular formula is C10H15N3O3. The molecule has 1 aliphatic heterocycles. The molecule has 0 saturated carbocycles. The van der Waals surface area contributed by atoms with Crippen molar-refractivity contribution >= 4 is 5.97 Å². The zero-order valence-corrected chi connectivity index (χ0v) is 9.47. The minimum atomic E-state index is -0.186. The van der Waals surface area contributed by atoms with Crippen LogP contribution in [0.4, 0.5) is 0 Å². The van der Waals surface area contributed by atoms with Gasteiger partial charge in [0.25, 0.3) is 0 Å². The number of rotatable bonds is 3. The van der Waals surface area contributed by atoms with Gasteiger partial charge >= 0.3 is 5.97 Å². The molecule has 2 rings (SSSR count). The van der Waals surface area contributed by atoms with Gasteiger partial charge in [-0.3, -0.25) is 9.69 Å². The lowest BCUT2D eigenvalue weighted by atomic mass is 10.2. The Balaban J connectivity index is 2.01. The molecule has 0 radical (unpaired) electrons. The molecule has 6 heteroatoms. The summed E-state index contributed by atoms with van der Waals surface area (Å²) >= 11 is 0. The van der Waals surface area contributed by atoms with E-state index in [0.29, 0.717) is 18.3 Å². The fraction of sp³-hybridized carbons (Fsp3) is 0.700. The first-order valence-corrected chi connectivity index (χ1v) is 5.32. The SMILES string of the molecule is COC(=O)C1CCCN1Cc1nc(C)no1. The van der Waals surface area contributed by atoms with E-state index in [0.717, 1.165) is 19.4 Å². The number of aromatic nitrogens is 2. The molecular weight excluding hydrogens is 210 g/mol. The van der Waals surface area contributed by atoms with Crippen LogP contribution in [0.25, 0.3) is 0 Å². The van der Waals surface area contributed by atoms with E-state index < -0.39 is 0 Å². The van der Waals surface area contributed by atoms with Crippen LogP contribution in [0.3, 0.4) is 0 Å². The summed E-state index contributed by atoms with van der Waals surface area (Å²) in [5.41, 5.74) is 0. The van der Waals surface area contributed by atoms with Crippen molar-refractivity contribution in [1.82, 2.24) is 15.0 Å². The third kappa shape index (κ3) is 2.21. The van der Waals surface area contributed by atoms with Crippen molar-refractivity contribution in [3.8, 4) is 0 Å². The summed E-state index contributed by atoms with van der Waals surface area (Å²) < 4.78 is 9.79. The highest BCUT2D eigenvalue weighted by Crippen LogP contribution is 2.20. The van der Waals surface area contributed by atoms with E-state index in [9.17, 15) is 4.79 Å². The van der Waals surface area contributed by atoms with E-state index in [2.05, 4.69) is 10.1 Å². The smallest absolute Gasteiger partial charge is 0.323 e. The van der Waals surface area contributed by atoms with Crippen molar-refractivity contribution in [3.63, 3.8) is 0 Å². The number of esters is 1. The summed E-state index contributed by atoms with van der Waals surface area (Å²) in [6.45, 7) is 3.15. The second-order valence-corrected chi connectivity index (χ2v) is 3.89. The van der Waals surface area contributed by atoms with Gasteiger partial charge in [0.1, 0.15) is 6.04 Å². The van der Waals surface area contributed by atoms with E-state index in [-0.39, 0.29) is 12.0 Å². The fourth-order valence-electron chi connectivity index (χ4n) is 2.00. The standard InChI is InChI=1S/C10H15N3O3/c1-7-11-9(16-12-7)6-13-5-3-4-8(13)10(14)15-2/h8H,3-6H2,1-2H3. The number of aryl methyl sites for hydroxylation is 1. The van der Waals surface area contributed by atoms with E-state index in [1.807, 2.05) is 4.90 Å². The summed E-state index contributed by atoms with van der Waals surface area (Å²) in [6, 6.07) is -0.169. The van der Waals surface area contributed by atoms with Crippen molar-refractivity contribution in [2.45, 2.75) is 32.4 Å². The number of hydrogen-bond acceptors (Lipinski definition) is 6. The molecule has 2 heterocycles. The van der Waals surface area contributed by atoms with Crippen LogP contribution < -0.4 is 0 Å². The van der Waals surface area contributed by atoms with Gasteiger partial charge in [0, 0.05) is 0 Å². The summed E-state index contributed by atoms with van der Waals surface area (Å²) in [5.74, 6) is 0.978. The Bertz CT molecular complexity index is 377. The molecule has 1 atom stereocenters. The summed E-state index contributed by atoms with van der Waals surface area (Å²) in [4.78, 5) is 17.6. The average molecular weight is 225 g/mol. The molecule has 1 saturated heterocycles. The van der Waals surface area contributed by atoms with Crippen LogP contribution in [0.5, 0.6) is 0 Å². The Morgan fingerprint density at radius 1 is 1.69 bits per heavy atom. The lowest BCUT2D eigenvalue weighted by molar-refractivity contribution is -0.146. The number of carbonyl (C=O) groups excluding carboxylic acids is 1. The highest BCUT2D eigenvalue weighted by molar-refractivity contribution is 5.75. The maximum atomic E-state index is 11.5. The molecule has 1 aromatic rings. The molecule has 0 aromatic carbocycles. The quantitative estimate of drug-likeness (QED) is 0.698. The van der Waals surface area contributed by atoms with Gasteiger partial charge in [-0.25, -0.2) is 0 Å². The number of nitrogens with zero attached hydrogens (tertiary/aromatic N) is 3. The van der Waals surface area contributed by atoms with E-state index in [1.165, 1.54) is 7.11 Å². The number of carbonyl (C=O) groups is 1. The lowest BCUT2D eigenvalue weighted by Gasteiger charge is -2.19. The van der Waals surface area contributed by atoms with Crippen molar-refractivity contribution in [1.29, 1.82) is 0 Å². The minimum Gasteiger partial charge on any atom is -0.468 e. The third-order valence-electron chi connectivity index (χ3n) is 2.74. The molecule has 6 nitrogen and oxygen atoms in total. The molecule has 0 spiro atoms. The lowest BCUT2D eigenvalue weighted by Crippen LogP contribution is -2.36. The molecule has 0 N–H and O–H groups in total. The fourth-order valence-corrected chi connectivity index (χ4v) is 2.00. The normalized spacial score (nSPS) is 21.2. The molecule has 16 heavy (non-hydrogen) atoms. The molecule has 1 fully saturated rings. The van der Waals surface area contributed by atoms with Crippen LogP contribution in [0.15, 0.2) is 4.52 Å². The Kier molecular flexibility index (Phi) is 3.19. The first kappa shape index (κ1) is 11.1. The van der Waals surface area contributed by atoms with Crippen LogP contribution in [-0.4, -0.2) is 40.7 Å². The highest BCUT2D eigenvalue weighted by atomic mass is 16.5. The van der Waals surface area contributed by atoms with Gasteiger partial charge in [-0.1, -0.05) is 5.16 Å². The number of methoxy groups -OCH3 is 1. The summed E-state index contributed by atoms with van der Waals surface area (Å²) in [7, 11) is 1.41. The number of likely N-dealkylation sites (tertiary alicyclic amines) is 1. The second-order valence-electron chi connectivity index (χ2n) is 3.89. The van der Waals surface area contributed by atoms with Crippen LogP contribution in [0.1, 0.15) is 24.6 Å². The van der Waals surface area contributed by atoms with Crippen molar-refractivity contribution in [3.05, 3.63) is 11.7 Å². The number of hydrogen-bond donors (Lipinski definition) is 0. The molecule has 1 aromatic heterocycles. The third-order valence-corrected chi connectivity index (χ3v) is 2.74. The van der Waals surface area contributed by atoms with Crippen molar-refractivity contribution in [2.75, 3.05) is 13.7 Å². The molecule has 0 aliphatic carbocycles. The second kappa shape index (κ2) is 4.61. The van der Waals surface area contributed by atoms with E-state index in [4.69, 9.17) is 9.26 Å². The van der Waals surface area contributed by atoms with Gasteiger partial charge in [-0.05, 0) is 26.3 Å². The predicted octanol–water partition coefficient (Wildman–Crippen LogP) is 0.515. The molecule has 0 amide bonds. The maximum Gasteiger partial charge on any atom is 0.323 e. The monoisotopic (exact) mass is 225 g/mol. The Hall–Kier alpha value is -1.43. The maximum absolute atomic E-state index is 11.5. The first-order valence-electron chi connectivity index (χ1n) is 5.32. The molecule has 0 bridgehead atoms. The zero-order chi connectivity index (χ0) is 11.5. The van der Waals surface area contributed by atoms with Crippen LogP contribution >= 0.6 is 0 Å². The predicted molar refractivity (Wildman–Crippen MR) is 54.5 cm³/mol. The zero-order valence-electron chi connectivity index (χ0n) is 9.47. The van der Waals surface area contributed by atoms with Crippen LogP contribution in [0.2, 0.25) is 0 Å². The van der Waals surface area contributed by atoms with Gasteiger partial charge in [0.2, 0.25) is 5.89 Å². The highest BCUT2D eigenvalue weighted by Gasteiger charge is 2.32. The summed E-state index contributed by atoms with van der Waals surface area (Å²) in [6.07, 6.45) is 1.83. The summed E-state index contributed by atoms with van der Waals surface area (Å²) in [5, 5.41) is 3.72. The number of ether oxygens (including phenoxy) is 1. The van der Waals surface area contributed by atoms with Crippen molar-refractivity contribution < 1.29 is 14.1 Å². The molecule has 1 unspecified atom stereocenters. The van der Waals surface area contributed by atoms with Crippen LogP contribution in [0, 0.1) is 6.92 Å². The minimum absolute atomic E-state index is 0.169. The largest absolute Gasteiger partial charge is 0.468 e. The van der Waals surface area contributed by atoms with Gasteiger partial charge in [0.15, 0.2) is 5.82 Å². The Morgan fingerprint density at radius 2 is 2.50 bits per heavy atom. The Morgan fingerprint density at radius 3 is 3.12 bits per heavy atom. The average Bonchev–Trinajstić information content (AvgIpc) is 2.87. The van der Waals surface area contributed by atoms with Crippen molar-refractivity contribution in [2.24, 2.45) is 0 Å². The van der Waals surface area contributed by atoms with Gasteiger partial charge < -0.3 is 9.26 Å². The van der Waals surface area contributed by atoms with E-state index >= 15 is 0 Å².